The average Bonchev–Trinajstić information content (AvgIpc) is 2.87. The highest BCUT2D eigenvalue weighted by molar-refractivity contribution is 6.08. The molecule has 0 aliphatic heterocycles. The van der Waals surface area contributed by atoms with E-state index in [1.165, 1.54) is 0 Å². The van der Waals surface area contributed by atoms with Crippen molar-refractivity contribution in [2.75, 3.05) is 55.6 Å². The van der Waals surface area contributed by atoms with Crippen LogP contribution in [0.4, 0.5) is 0 Å². The van der Waals surface area contributed by atoms with Crippen LogP contribution in [-0.2, 0) is 6.54 Å². The van der Waals surface area contributed by atoms with Crippen molar-refractivity contribution in [1.82, 2.24) is 9.80 Å². The maximum atomic E-state index is 13.2. The van der Waals surface area contributed by atoms with Gasteiger partial charge < -0.3 is 24.0 Å². The van der Waals surface area contributed by atoms with Crippen LogP contribution in [0.25, 0.3) is 17.2 Å². The van der Waals surface area contributed by atoms with E-state index >= 15 is 0 Å². The molecule has 0 aliphatic carbocycles. The van der Waals surface area contributed by atoms with Gasteiger partial charge in [-0.15, -0.1) is 0 Å². The molecule has 3 aromatic carbocycles. The van der Waals surface area contributed by atoms with Gasteiger partial charge in [0, 0.05) is 29.8 Å². The van der Waals surface area contributed by atoms with Crippen LogP contribution in [-0.4, -0.2) is 71.1 Å². The molecule has 0 fully saturated rings. The minimum atomic E-state index is -0.0453. The summed E-state index contributed by atoms with van der Waals surface area (Å²) in [4.78, 5) is 17.3. The van der Waals surface area contributed by atoms with Crippen LogP contribution in [0.5, 0.6) is 17.2 Å². The van der Waals surface area contributed by atoms with Gasteiger partial charge in [-0.3, -0.25) is 4.79 Å². The van der Waals surface area contributed by atoms with Crippen LogP contribution in [0, 0.1) is 0 Å². The smallest absolute Gasteiger partial charge is 0.186 e. The monoisotopic (exact) mass is 488 g/mol. The number of ether oxygens (including phenoxy) is 3. The van der Waals surface area contributed by atoms with Gasteiger partial charge in [-0.05, 0) is 81.8 Å². The molecule has 6 nitrogen and oxygen atoms in total. The Bertz CT molecular complexity index is 1200. The molecule has 0 saturated carbocycles. The third-order valence-corrected chi connectivity index (χ3v) is 5.71. The lowest BCUT2D eigenvalue weighted by molar-refractivity contribution is 0.104. The third-order valence-electron chi connectivity index (χ3n) is 5.71. The van der Waals surface area contributed by atoms with Gasteiger partial charge >= 0.3 is 0 Å². The molecule has 6 heteroatoms. The summed E-state index contributed by atoms with van der Waals surface area (Å²) < 4.78 is 17.1. The Morgan fingerprint density at radius 2 is 1.61 bits per heavy atom. The highest BCUT2D eigenvalue weighted by Crippen LogP contribution is 2.36. The first kappa shape index (κ1) is 27.0. The number of ketones is 1. The Hall–Kier alpha value is -3.61. The molecular formula is C30H36N2O4. The number of nitrogens with zero attached hydrogens (tertiary/aromatic N) is 2. The Morgan fingerprint density at radius 3 is 2.31 bits per heavy atom. The van der Waals surface area contributed by atoms with E-state index in [2.05, 4.69) is 9.80 Å². The number of benzene rings is 3. The summed E-state index contributed by atoms with van der Waals surface area (Å²) in [5.74, 6) is 2.15. The number of carbonyl (C=O) groups excluding carboxylic acids is 1. The third kappa shape index (κ3) is 7.20. The van der Waals surface area contributed by atoms with Gasteiger partial charge in [0.05, 0.1) is 14.2 Å². The number of hydrogen-bond acceptors (Lipinski definition) is 6. The van der Waals surface area contributed by atoms with Crippen LogP contribution < -0.4 is 14.2 Å². The van der Waals surface area contributed by atoms with Crippen LogP contribution >= 0.6 is 0 Å². The van der Waals surface area contributed by atoms with Crippen LogP contribution in [0.1, 0.15) is 21.5 Å². The quantitative estimate of drug-likeness (QED) is 0.256. The number of rotatable bonds is 12. The van der Waals surface area contributed by atoms with E-state index in [1.54, 1.807) is 20.3 Å². The molecule has 0 atom stereocenters. The number of hydrogen-bond donors (Lipinski definition) is 0. The van der Waals surface area contributed by atoms with Gasteiger partial charge in [-0.25, -0.2) is 0 Å². The van der Waals surface area contributed by atoms with E-state index in [1.807, 2.05) is 94.9 Å². The average molecular weight is 489 g/mol. The Labute approximate surface area is 214 Å². The summed E-state index contributed by atoms with van der Waals surface area (Å²) in [6.45, 7) is 2.01. The van der Waals surface area contributed by atoms with Gasteiger partial charge in [0.2, 0.25) is 0 Å². The second kappa shape index (κ2) is 12.9. The molecule has 0 saturated heterocycles. The standard InChI is InChI=1S/C30H36N2O4/c1-31(2)17-18-36-29-15-12-22(27-20-25(34-5)13-16-30(27)35-6)19-23(29)11-14-28(33)26-10-8-7-9-24(26)21-32(3)4/h7-16,19-20H,17-18,21H2,1-6H3. The molecule has 0 aromatic heterocycles. The topological polar surface area (TPSA) is 51.2 Å². The van der Waals surface area contributed by atoms with E-state index in [9.17, 15) is 4.79 Å². The molecule has 0 bridgehead atoms. The van der Waals surface area contributed by atoms with Crippen molar-refractivity contribution in [2.45, 2.75) is 6.54 Å². The van der Waals surface area contributed by atoms with E-state index in [4.69, 9.17) is 14.2 Å². The molecule has 0 aliphatic rings. The summed E-state index contributed by atoms with van der Waals surface area (Å²) in [5.41, 5.74) is 4.34. The molecule has 0 amide bonds. The fraction of sp³-hybridized carbons (Fsp3) is 0.300. The van der Waals surface area contributed by atoms with E-state index in [0.717, 1.165) is 40.3 Å². The summed E-state index contributed by atoms with van der Waals surface area (Å²) in [6, 6.07) is 19.4. The number of allylic oxidation sites excluding steroid dienone is 1. The van der Waals surface area contributed by atoms with Crippen LogP contribution in [0.15, 0.2) is 66.7 Å². The first-order valence-corrected chi connectivity index (χ1v) is 11.9. The first-order chi connectivity index (χ1) is 17.3. The van der Waals surface area contributed by atoms with E-state index in [-0.39, 0.29) is 5.78 Å². The van der Waals surface area contributed by atoms with E-state index in [0.29, 0.717) is 24.5 Å². The molecule has 190 valence electrons. The minimum Gasteiger partial charge on any atom is -0.497 e. The fourth-order valence-corrected chi connectivity index (χ4v) is 3.85. The highest BCUT2D eigenvalue weighted by atomic mass is 16.5. The maximum Gasteiger partial charge on any atom is 0.186 e. The number of likely N-dealkylation sites (N-methyl/N-ethyl adjacent to an activating group) is 1. The Morgan fingerprint density at radius 1 is 0.861 bits per heavy atom. The molecular weight excluding hydrogens is 452 g/mol. The minimum absolute atomic E-state index is 0.0453. The second-order valence-corrected chi connectivity index (χ2v) is 9.06. The van der Waals surface area contributed by atoms with Gasteiger partial charge in [-0.1, -0.05) is 30.3 Å². The lowest BCUT2D eigenvalue weighted by Gasteiger charge is -2.15. The molecule has 3 aromatic rings. The number of carbonyl (C=O) groups is 1. The highest BCUT2D eigenvalue weighted by Gasteiger charge is 2.13. The molecule has 0 unspecified atom stereocenters. The molecule has 0 radical (unpaired) electrons. The lowest BCUT2D eigenvalue weighted by Crippen LogP contribution is -2.19. The molecule has 0 spiro atoms. The second-order valence-electron chi connectivity index (χ2n) is 9.06. The molecule has 36 heavy (non-hydrogen) atoms. The summed E-state index contributed by atoms with van der Waals surface area (Å²) >= 11 is 0. The zero-order valence-corrected chi connectivity index (χ0v) is 22.1. The van der Waals surface area contributed by atoms with Crippen molar-refractivity contribution in [2.24, 2.45) is 0 Å². The van der Waals surface area contributed by atoms with Crippen LogP contribution in [0.2, 0.25) is 0 Å². The summed E-state index contributed by atoms with van der Waals surface area (Å²) in [5, 5.41) is 0. The zero-order valence-electron chi connectivity index (χ0n) is 22.1. The Kier molecular flexibility index (Phi) is 9.68. The van der Waals surface area contributed by atoms with Crippen molar-refractivity contribution < 1.29 is 19.0 Å². The van der Waals surface area contributed by atoms with Crippen molar-refractivity contribution in [3.8, 4) is 28.4 Å². The number of methoxy groups -OCH3 is 2. The normalized spacial score (nSPS) is 11.3. The summed E-state index contributed by atoms with van der Waals surface area (Å²) in [7, 11) is 11.3. The van der Waals surface area contributed by atoms with Crippen molar-refractivity contribution in [3.05, 3.63) is 83.4 Å². The SMILES string of the molecule is COc1ccc(OC)c(-c2ccc(OCCN(C)C)c(C=CC(=O)c3ccccc3CN(C)C)c2)c1. The predicted octanol–water partition coefficient (Wildman–Crippen LogP) is 5.27. The first-order valence-electron chi connectivity index (χ1n) is 11.9. The van der Waals surface area contributed by atoms with Gasteiger partial charge in [-0.2, -0.15) is 0 Å². The van der Waals surface area contributed by atoms with Gasteiger partial charge in [0.15, 0.2) is 5.78 Å². The Balaban J connectivity index is 1.99. The van der Waals surface area contributed by atoms with Crippen molar-refractivity contribution in [3.63, 3.8) is 0 Å². The van der Waals surface area contributed by atoms with Crippen LogP contribution in [0.3, 0.4) is 0 Å². The predicted molar refractivity (Wildman–Crippen MR) is 146 cm³/mol. The molecule has 3 rings (SSSR count). The lowest BCUT2D eigenvalue weighted by atomic mass is 9.99. The van der Waals surface area contributed by atoms with Gasteiger partial charge in [0.25, 0.3) is 0 Å². The summed E-state index contributed by atoms with van der Waals surface area (Å²) in [6.07, 6.45) is 3.45. The maximum absolute atomic E-state index is 13.2. The van der Waals surface area contributed by atoms with E-state index < -0.39 is 0 Å². The molecule has 0 heterocycles. The van der Waals surface area contributed by atoms with Gasteiger partial charge in [0.1, 0.15) is 23.9 Å². The van der Waals surface area contributed by atoms with Crippen molar-refractivity contribution >= 4 is 11.9 Å². The zero-order chi connectivity index (χ0) is 26.1. The van der Waals surface area contributed by atoms with Crippen molar-refractivity contribution in [1.29, 1.82) is 0 Å². The molecule has 0 N–H and O–H groups in total. The largest absolute Gasteiger partial charge is 0.497 e. The fourth-order valence-electron chi connectivity index (χ4n) is 3.85.